The zero-order chi connectivity index (χ0) is 19.6. The fourth-order valence-corrected chi connectivity index (χ4v) is 3.67. The first-order chi connectivity index (χ1) is 13.0. The first-order valence-corrected chi connectivity index (χ1v) is 9.97. The number of amides is 1. The lowest BCUT2D eigenvalue weighted by atomic mass is 9.94. The van der Waals surface area contributed by atoms with Gasteiger partial charge in [-0.3, -0.25) is 9.69 Å². The predicted octanol–water partition coefficient (Wildman–Crippen LogP) is 1.87. The Hall–Kier alpha value is -1.63. The van der Waals surface area contributed by atoms with Gasteiger partial charge in [0.2, 0.25) is 5.91 Å². The van der Waals surface area contributed by atoms with Gasteiger partial charge in [0, 0.05) is 26.2 Å². The Balaban J connectivity index is 1.77. The van der Waals surface area contributed by atoms with Crippen LogP contribution in [0.15, 0.2) is 24.3 Å². The first kappa shape index (κ1) is 21.7. The van der Waals surface area contributed by atoms with E-state index in [0.29, 0.717) is 25.7 Å². The summed E-state index contributed by atoms with van der Waals surface area (Å²) in [5.41, 5.74) is 1.08. The van der Waals surface area contributed by atoms with E-state index in [1.807, 2.05) is 36.2 Å². The summed E-state index contributed by atoms with van der Waals surface area (Å²) in [5, 5.41) is 13.0. The maximum atomic E-state index is 11.4. The molecule has 1 saturated carbocycles. The molecular formula is C21H35N3O3. The van der Waals surface area contributed by atoms with E-state index >= 15 is 0 Å². The van der Waals surface area contributed by atoms with Gasteiger partial charge >= 0.3 is 0 Å². The van der Waals surface area contributed by atoms with Gasteiger partial charge in [-0.1, -0.05) is 31.4 Å². The molecule has 0 aromatic heterocycles. The minimum atomic E-state index is -0.503. The van der Waals surface area contributed by atoms with Crippen molar-refractivity contribution in [1.82, 2.24) is 15.1 Å². The van der Waals surface area contributed by atoms with Crippen molar-refractivity contribution < 1.29 is 14.6 Å². The van der Waals surface area contributed by atoms with E-state index in [2.05, 4.69) is 17.3 Å². The Labute approximate surface area is 163 Å². The summed E-state index contributed by atoms with van der Waals surface area (Å²) in [7, 11) is 5.65. The Morgan fingerprint density at radius 1 is 1.30 bits per heavy atom. The molecular weight excluding hydrogens is 342 g/mol. The van der Waals surface area contributed by atoms with E-state index in [1.54, 1.807) is 7.05 Å². The highest BCUT2D eigenvalue weighted by molar-refractivity contribution is 5.77. The summed E-state index contributed by atoms with van der Waals surface area (Å²) in [6, 6.07) is 8.42. The second kappa shape index (κ2) is 11.3. The van der Waals surface area contributed by atoms with E-state index in [1.165, 1.54) is 32.1 Å². The minimum absolute atomic E-state index is 0.00453. The van der Waals surface area contributed by atoms with Crippen molar-refractivity contribution >= 4 is 5.91 Å². The third-order valence-corrected chi connectivity index (χ3v) is 5.18. The summed E-state index contributed by atoms with van der Waals surface area (Å²) in [4.78, 5) is 15.7. The number of ether oxygens (including phenoxy) is 1. The van der Waals surface area contributed by atoms with Gasteiger partial charge in [0.15, 0.2) is 0 Å². The maximum absolute atomic E-state index is 11.4. The normalized spacial score (nSPS) is 16.5. The smallest absolute Gasteiger partial charge is 0.233 e. The number of nitrogens with one attached hydrogen (secondary N) is 1. The summed E-state index contributed by atoms with van der Waals surface area (Å²) in [5.74, 6) is 0.746. The third-order valence-electron chi connectivity index (χ3n) is 5.18. The van der Waals surface area contributed by atoms with Crippen LogP contribution < -0.4 is 10.1 Å². The molecule has 2 rings (SSSR count). The highest BCUT2D eigenvalue weighted by Crippen LogP contribution is 2.22. The van der Waals surface area contributed by atoms with Crippen molar-refractivity contribution in [2.45, 2.75) is 50.8 Å². The lowest BCUT2D eigenvalue weighted by molar-refractivity contribution is -0.121. The standard InChI is InChI=1S/C21H35N3O3/c1-22-21(26)15-23(2)13-17-8-7-11-20(12-17)27-16-19(25)14-24(3)18-9-5-4-6-10-18/h7-8,11-12,18-19,25H,4-6,9-10,13-16H2,1-3H3,(H,22,26)/t19-/m1/s1. The first-order valence-electron chi connectivity index (χ1n) is 9.97. The zero-order valence-corrected chi connectivity index (χ0v) is 17.0. The minimum Gasteiger partial charge on any atom is -0.491 e. The van der Waals surface area contributed by atoms with Gasteiger partial charge in [-0.25, -0.2) is 0 Å². The second-order valence-electron chi connectivity index (χ2n) is 7.69. The molecule has 1 fully saturated rings. The van der Waals surface area contributed by atoms with Gasteiger partial charge in [-0.2, -0.15) is 0 Å². The predicted molar refractivity (Wildman–Crippen MR) is 108 cm³/mol. The van der Waals surface area contributed by atoms with Gasteiger partial charge in [0.1, 0.15) is 18.5 Å². The number of aliphatic hydroxyl groups excluding tert-OH is 1. The average molecular weight is 378 g/mol. The molecule has 2 N–H and O–H groups in total. The monoisotopic (exact) mass is 377 g/mol. The van der Waals surface area contributed by atoms with Crippen molar-refractivity contribution in [3.05, 3.63) is 29.8 Å². The third kappa shape index (κ3) is 7.87. The Bertz CT molecular complexity index is 576. The molecule has 1 aliphatic rings. The van der Waals surface area contributed by atoms with Gasteiger partial charge in [0.05, 0.1) is 6.54 Å². The van der Waals surface area contributed by atoms with E-state index < -0.39 is 6.10 Å². The average Bonchev–Trinajstić information content (AvgIpc) is 2.67. The van der Waals surface area contributed by atoms with Gasteiger partial charge in [0.25, 0.3) is 0 Å². The van der Waals surface area contributed by atoms with E-state index in [4.69, 9.17) is 4.74 Å². The lowest BCUT2D eigenvalue weighted by Crippen LogP contribution is -2.40. The van der Waals surface area contributed by atoms with E-state index in [-0.39, 0.29) is 12.5 Å². The second-order valence-corrected chi connectivity index (χ2v) is 7.69. The van der Waals surface area contributed by atoms with E-state index in [0.717, 1.165) is 11.3 Å². The van der Waals surface area contributed by atoms with Crippen LogP contribution in [0.25, 0.3) is 0 Å². The molecule has 1 aliphatic carbocycles. The molecule has 27 heavy (non-hydrogen) atoms. The topological polar surface area (TPSA) is 65.0 Å². The van der Waals surface area contributed by atoms with Crippen LogP contribution >= 0.6 is 0 Å². The molecule has 0 spiro atoms. The summed E-state index contributed by atoms with van der Waals surface area (Å²) in [6.07, 6.45) is 5.89. The largest absolute Gasteiger partial charge is 0.491 e. The zero-order valence-electron chi connectivity index (χ0n) is 17.0. The number of benzene rings is 1. The molecule has 0 radical (unpaired) electrons. The van der Waals surface area contributed by atoms with Crippen LogP contribution in [0.4, 0.5) is 0 Å². The molecule has 1 aromatic rings. The molecule has 0 heterocycles. The molecule has 0 unspecified atom stereocenters. The number of rotatable bonds is 10. The number of likely N-dealkylation sites (N-methyl/N-ethyl adjacent to an activating group) is 3. The number of carbonyl (C=O) groups excluding carboxylic acids is 1. The van der Waals surface area contributed by atoms with Crippen LogP contribution in [-0.4, -0.2) is 73.8 Å². The highest BCUT2D eigenvalue weighted by atomic mass is 16.5. The summed E-state index contributed by atoms with van der Waals surface area (Å²) < 4.78 is 5.81. The van der Waals surface area contributed by atoms with Crippen molar-refractivity contribution in [3.8, 4) is 5.75 Å². The molecule has 0 saturated heterocycles. The number of aliphatic hydroxyl groups is 1. The number of nitrogens with zero attached hydrogens (tertiary/aromatic N) is 2. The Kier molecular flexibility index (Phi) is 9.04. The SMILES string of the molecule is CNC(=O)CN(C)Cc1cccc(OC[C@H](O)CN(C)C2CCCCC2)c1. The van der Waals surface area contributed by atoms with Crippen LogP contribution in [0.2, 0.25) is 0 Å². The maximum Gasteiger partial charge on any atom is 0.233 e. The Morgan fingerprint density at radius 2 is 2.04 bits per heavy atom. The molecule has 6 nitrogen and oxygen atoms in total. The van der Waals surface area contributed by atoms with Crippen LogP contribution in [0.1, 0.15) is 37.7 Å². The Morgan fingerprint density at radius 3 is 2.74 bits per heavy atom. The number of carbonyl (C=O) groups is 1. The molecule has 1 aromatic carbocycles. The van der Waals surface area contributed by atoms with Crippen LogP contribution in [-0.2, 0) is 11.3 Å². The molecule has 6 heteroatoms. The van der Waals surface area contributed by atoms with Crippen molar-refractivity contribution in [2.24, 2.45) is 0 Å². The molecule has 152 valence electrons. The lowest BCUT2D eigenvalue weighted by Gasteiger charge is -2.32. The van der Waals surface area contributed by atoms with Gasteiger partial charge < -0.3 is 20.1 Å². The van der Waals surface area contributed by atoms with Crippen LogP contribution in [0, 0.1) is 0 Å². The molecule has 0 aliphatic heterocycles. The molecule has 0 bridgehead atoms. The summed E-state index contributed by atoms with van der Waals surface area (Å²) >= 11 is 0. The quantitative estimate of drug-likeness (QED) is 0.652. The highest BCUT2D eigenvalue weighted by Gasteiger charge is 2.20. The van der Waals surface area contributed by atoms with Crippen molar-refractivity contribution in [2.75, 3.05) is 40.8 Å². The van der Waals surface area contributed by atoms with Crippen LogP contribution in [0.3, 0.4) is 0 Å². The molecule has 1 amide bonds. The van der Waals surface area contributed by atoms with Crippen molar-refractivity contribution in [1.29, 1.82) is 0 Å². The van der Waals surface area contributed by atoms with Gasteiger partial charge in [-0.05, 0) is 44.6 Å². The fraction of sp³-hybridized carbons (Fsp3) is 0.667. The number of hydrogen-bond donors (Lipinski definition) is 2. The number of hydrogen-bond acceptors (Lipinski definition) is 5. The fourth-order valence-electron chi connectivity index (χ4n) is 3.67. The summed E-state index contributed by atoms with van der Waals surface area (Å²) in [6.45, 7) is 1.94. The molecule has 1 atom stereocenters. The van der Waals surface area contributed by atoms with Gasteiger partial charge in [-0.15, -0.1) is 0 Å². The van der Waals surface area contributed by atoms with Crippen molar-refractivity contribution in [3.63, 3.8) is 0 Å². The van der Waals surface area contributed by atoms with E-state index in [9.17, 15) is 9.90 Å². The van der Waals surface area contributed by atoms with Crippen LogP contribution in [0.5, 0.6) is 5.75 Å².